The molecule has 0 aliphatic carbocycles. The van der Waals surface area contributed by atoms with Gasteiger partial charge in [-0.1, -0.05) is 37.3 Å². The normalized spacial score (nSPS) is 12.6. The second-order valence-corrected chi connectivity index (χ2v) is 4.21. The Kier molecular flexibility index (Phi) is 3.94. The topological polar surface area (TPSA) is 29.9 Å². The van der Waals surface area contributed by atoms with Crippen molar-refractivity contribution in [2.45, 2.75) is 19.4 Å². The van der Waals surface area contributed by atoms with E-state index in [2.05, 4.69) is 47.7 Å². The first-order valence-electron chi connectivity index (χ1n) is 6.06. The second-order valence-electron chi connectivity index (χ2n) is 4.21. The van der Waals surface area contributed by atoms with Crippen molar-refractivity contribution >= 4 is 0 Å². The Labute approximate surface area is 102 Å². The van der Waals surface area contributed by atoms with Crippen LogP contribution >= 0.6 is 0 Å². The lowest BCUT2D eigenvalue weighted by Crippen LogP contribution is -2.23. The van der Waals surface area contributed by atoms with Crippen LogP contribution in [-0.2, 0) is 13.5 Å². The second kappa shape index (κ2) is 5.64. The SMILES string of the molecule is CCNC(Cc1ccccc1)c1ccn(C)n1. The van der Waals surface area contributed by atoms with Crippen molar-refractivity contribution in [3.05, 3.63) is 53.9 Å². The van der Waals surface area contributed by atoms with Crippen LogP contribution in [0.25, 0.3) is 0 Å². The Hall–Kier alpha value is -1.61. The van der Waals surface area contributed by atoms with Crippen LogP contribution in [0, 0.1) is 0 Å². The van der Waals surface area contributed by atoms with Crippen LogP contribution in [0.1, 0.15) is 24.2 Å². The summed E-state index contributed by atoms with van der Waals surface area (Å²) in [4.78, 5) is 0. The zero-order chi connectivity index (χ0) is 12.1. The van der Waals surface area contributed by atoms with Crippen molar-refractivity contribution in [1.29, 1.82) is 0 Å². The van der Waals surface area contributed by atoms with Crippen LogP contribution in [0.5, 0.6) is 0 Å². The van der Waals surface area contributed by atoms with E-state index in [9.17, 15) is 0 Å². The molecule has 0 amide bonds. The van der Waals surface area contributed by atoms with Crippen LogP contribution < -0.4 is 5.32 Å². The monoisotopic (exact) mass is 229 g/mol. The summed E-state index contributed by atoms with van der Waals surface area (Å²) < 4.78 is 1.85. The minimum atomic E-state index is 0.295. The molecule has 1 unspecified atom stereocenters. The standard InChI is InChI=1S/C14H19N3/c1-3-15-14(13-9-10-17(2)16-13)11-12-7-5-4-6-8-12/h4-10,14-15H,3,11H2,1-2H3. The maximum atomic E-state index is 4.48. The zero-order valence-electron chi connectivity index (χ0n) is 10.4. The molecule has 0 fully saturated rings. The number of aryl methyl sites for hydroxylation is 1. The highest BCUT2D eigenvalue weighted by molar-refractivity contribution is 5.18. The van der Waals surface area contributed by atoms with E-state index in [1.54, 1.807) is 0 Å². The first-order valence-corrected chi connectivity index (χ1v) is 6.06. The number of hydrogen-bond donors (Lipinski definition) is 1. The van der Waals surface area contributed by atoms with Gasteiger partial charge in [0, 0.05) is 13.2 Å². The Morgan fingerprint density at radius 1 is 1.24 bits per heavy atom. The summed E-state index contributed by atoms with van der Waals surface area (Å²) in [6.07, 6.45) is 2.97. The zero-order valence-corrected chi connectivity index (χ0v) is 10.4. The van der Waals surface area contributed by atoms with Crippen LogP contribution in [0.2, 0.25) is 0 Å². The van der Waals surface area contributed by atoms with Crippen LogP contribution in [0.4, 0.5) is 0 Å². The van der Waals surface area contributed by atoms with E-state index < -0.39 is 0 Å². The summed E-state index contributed by atoms with van der Waals surface area (Å²) >= 11 is 0. The van der Waals surface area contributed by atoms with Gasteiger partial charge in [0.25, 0.3) is 0 Å². The molecule has 0 spiro atoms. The maximum Gasteiger partial charge on any atom is 0.0797 e. The van der Waals surface area contributed by atoms with Crippen molar-refractivity contribution in [3.8, 4) is 0 Å². The quantitative estimate of drug-likeness (QED) is 0.852. The number of hydrogen-bond acceptors (Lipinski definition) is 2. The lowest BCUT2D eigenvalue weighted by atomic mass is 10.0. The highest BCUT2D eigenvalue weighted by Crippen LogP contribution is 2.16. The van der Waals surface area contributed by atoms with E-state index in [4.69, 9.17) is 0 Å². The molecule has 3 nitrogen and oxygen atoms in total. The molecule has 1 N–H and O–H groups in total. The molecular formula is C14H19N3. The van der Waals surface area contributed by atoms with E-state index >= 15 is 0 Å². The highest BCUT2D eigenvalue weighted by Gasteiger charge is 2.13. The molecule has 3 heteroatoms. The van der Waals surface area contributed by atoms with Crippen LogP contribution in [0.3, 0.4) is 0 Å². The van der Waals surface area contributed by atoms with Gasteiger partial charge in [0.05, 0.1) is 11.7 Å². The van der Waals surface area contributed by atoms with Gasteiger partial charge in [-0.05, 0) is 24.6 Å². The van der Waals surface area contributed by atoms with Crippen LogP contribution in [-0.4, -0.2) is 16.3 Å². The van der Waals surface area contributed by atoms with Gasteiger partial charge < -0.3 is 5.32 Å². The van der Waals surface area contributed by atoms with Crippen molar-refractivity contribution in [1.82, 2.24) is 15.1 Å². The van der Waals surface area contributed by atoms with Gasteiger partial charge in [0.1, 0.15) is 0 Å². The van der Waals surface area contributed by atoms with Crippen molar-refractivity contribution < 1.29 is 0 Å². The summed E-state index contributed by atoms with van der Waals surface area (Å²) in [5, 5.41) is 7.96. The maximum absolute atomic E-state index is 4.48. The first-order chi connectivity index (χ1) is 8.29. The van der Waals surface area contributed by atoms with E-state index in [0.717, 1.165) is 18.7 Å². The third kappa shape index (κ3) is 3.17. The summed E-state index contributed by atoms with van der Waals surface area (Å²) in [6.45, 7) is 3.08. The van der Waals surface area contributed by atoms with Gasteiger partial charge in [-0.2, -0.15) is 5.10 Å². The average molecular weight is 229 g/mol. The Bertz CT molecular complexity index is 448. The molecule has 1 aromatic heterocycles. The van der Waals surface area contributed by atoms with E-state index in [-0.39, 0.29) is 0 Å². The lowest BCUT2D eigenvalue weighted by molar-refractivity contribution is 0.528. The van der Waals surface area contributed by atoms with Crippen molar-refractivity contribution in [2.24, 2.45) is 7.05 Å². The van der Waals surface area contributed by atoms with Gasteiger partial charge in [0.2, 0.25) is 0 Å². The highest BCUT2D eigenvalue weighted by atomic mass is 15.3. The molecule has 1 atom stereocenters. The Balaban J connectivity index is 2.13. The predicted octanol–water partition coefficient (Wildman–Crippen LogP) is 2.31. The number of likely N-dealkylation sites (N-methyl/N-ethyl adjacent to an activating group) is 1. The molecule has 90 valence electrons. The fourth-order valence-electron chi connectivity index (χ4n) is 2.00. The summed E-state index contributed by atoms with van der Waals surface area (Å²) in [5.41, 5.74) is 2.45. The lowest BCUT2D eigenvalue weighted by Gasteiger charge is -2.15. The fraction of sp³-hybridized carbons (Fsp3) is 0.357. The molecule has 0 saturated heterocycles. The number of nitrogens with zero attached hydrogens (tertiary/aromatic N) is 2. The summed E-state index contributed by atoms with van der Waals surface area (Å²) in [6, 6.07) is 12.9. The third-order valence-electron chi connectivity index (χ3n) is 2.82. The number of rotatable bonds is 5. The van der Waals surface area contributed by atoms with Gasteiger partial charge in [-0.25, -0.2) is 0 Å². The molecule has 0 aliphatic heterocycles. The average Bonchev–Trinajstić information content (AvgIpc) is 2.77. The minimum Gasteiger partial charge on any atom is -0.309 e. The molecule has 0 aliphatic rings. The fourth-order valence-corrected chi connectivity index (χ4v) is 2.00. The smallest absolute Gasteiger partial charge is 0.0797 e. The first kappa shape index (κ1) is 11.9. The third-order valence-corrected chi connectivity index (χ3v) is 2.82. The molecule has 17 heavy (non-hydrogen) atoms. The van der Waals surface area contributed by atoms with Gasteiger partial charge >= 0.3 is 0 Å². The molecule has 0 bridgehead atoms. The van der Waals surface area contributed by atoms with Crippen molar-refractivity contribution in [2.75, 3.05) is 6.54 Å². The Morgan fingerprint density at radius 2 is 2.00 bits per heavy atom. The molecule has 1 heterocycles. The number of aromatic nitrogens is 2. The molecule has 2 rings (SSSR count). The summed E-state index contributed by atoms with van der Waals surface area (Å²) in [5.74, 6) is 0. The number of nitrogens with one attached hydrogen (secondary N) is 1. The Morgan fingerprint density at radius 3 is 2.59 bits per heavy atom. The molecule has 1 aromatic carbocycles. The van der Waals surface area contributed by atoms with Crippen molar-refractivity contribution in [3.63, 3.8) is 0 Å². The molecule has 2 aromatic rings. The molecule has 0 radical (unpaired) electrons. The predicted molar refractivity (Wildman–Crippen MR) is 69.8 cm³/mol. The largest absolute Gasteiger partial charge is 0.309 e. The van der Waals surface area contributed by atoms with Gasteiger partial charge in [0.15, 0.2) is 0 Å². The molecule has 0 saturated carbocycles. The van der Waals surface area contributed by atoms with E-state index in [0.29, 0.717) is 6.04 Å². The van der Waals surface area contributed by atoms with Gasteiger partial charge in [-0.3, -0.25) is 4.68 Å². The molecular weight excluding hydrogens is 210 g/mol. The van der Waals surface area contributed by atoms with Crippen LogP contribution in [0.15, 0.2) is 42.6 Å². The minimum absolute atomic E-state index is 0.295. The van der Waals surface area contributed by atoms with E-state index in [1.807, 2.05) is 24.0 Å². The van der Waals surface area contributed by atoms with E-state index in [1.165, 1.54) is 5.56 Å². The summed E-state index contributed by atoms with van der Waals surface area (Å²) in [7, 11) is 1.95. The van der Waals surface area contributed by atoms with Gasteiger partial charge in [-0.15, -0.1) is 0 Å². The number of benzene rings is 1.